The average Bonchev–Trinajstić information content (AvgIpc) is 3.54. The lowest BCUT2D eigenvalue weighted by molar-refractivity contribution is 0.415. The third-order valence-electron chi connectivity index (χ3n) is 9.05. The Morgan fingerprint density at radius 2 is 1.47 bits per heavy atom. The van der Waals surface area contributed by atoms with Crippen LogP contribution in [0, 0.1) is 0 Å². The predicted octanol–water partition coefficient (Wildman–Crippen LogP) is 9.83. The van der Waals surface area contributed by atoms with Gasteiger partial charge in [-0.25, -0.2) is 15.0 Å². The first-order valence-corrected chi connectivity index (χ1v) is 16.2. The fraction of sp³-hybridized carbons (Fsp3) is 0.0244. The van der Waals surface area contributed by atoms with Crippen LogP contribution in [0.3, 0.4) is 0 Å². The van der Waals surface area contributed by atoms with Gasteiger partial charge < -0.3 is 14.7 Å². The summed E-state index contributed by atoms with van der Waals surface area (Å²) in [6.45, 7) is 0. The standard InChI is InChI=1S/C41H26ClN5O2/c1-49-29-18-15-25-19-27(12-11-26(25)20-29)31-21-33(23-13-16-28(42)17-14-23)46-40-35(31)38-36(41(48)44-22-43-38)39(47-40)34-30-9-5-6-10-32(30)45-37(34)24-7-3-2-4-8-24/h2-22,45H,1H3,(H,43,44,48). The molecule has 0 spiro atoms. The zero-order valence-electron chi connectivity index (χ0n) is 26.2. The van der Waals surface area contributed by atoms with Gasteiger partial charge in [-0.3, -0.25) is 4.79 Å². The van der Waals surface area contributed by atoms with Crippen LogP contribution in [0.15, 0.2) is 132 Å². The van der Waals surface area contributed by atoms with Gasteiger partial charge in [0.05, 0.1) is 46.8 Å². The number of rotatable bonds is 5. The molecule has 2 N–H and O–H groups in total. The van der Waals surface area contributed by atoms with Crippen LogP contribution in [0.1, 0.15) is 0 Å². The molecule has 5 aromatic carbocycles. The maximum atomic E-state index is 13.9. The van der Waals surface area contributed by atoms with Crippen molar-refractivity contribution in [2.75, 3.05) is 7.11 Å². The van der Waals surface area contributed by atoms with Crippen molar-refractivity contribution >= 4 is 55.2 Å². The largest absolute Gasteiger partial charge is 0.497 e. The lowest BCUT2D eigenvalue weighted by atomic mass is 9.94. The molecule has 0 atom stereocenters. The summed E-state index contributed by atoms with van der Waals surface area (Å²) in [6.07, 6.45) is 1.45. The first kappa shape index (κ1) is 28.9. The summed E-state index contributed by atoms with van der Waals surface area (Å²) in [6, 6.07) is 40.1. The Labute approximate surface area is 284 Å². The second-order valence-electron chi connectivity index (χ2n) is 11.9. The summed E-state index contributed by atoms with van der Waals surface area (Å²) >= 11 is 6.28. The zero-order valence-corrected chi connectivity index (χ0v) is 26.9. The highest BCUT2D eigenvalue weighted by Crippen LogP contribution is 2.43. The smallest absolute Gasteiger partial charge is 0.260 e. The van der Waals surface area contributed by atoms with E-state index in [1.165, 1.54) is 6.33 Å². The summed E-state index contributed by atoms with van der Waals surface area (Å²) in [5.74, 6) is 0.790. The van der Waals surface area contributed by atoms with Crippen molar-refractivity contribution in [1.82, 2.24) is 24.9 Å². The van der Waals surface area contributed by atoms with E-state index in [1.807, 2.05) is 103 Å². The van der Waals surface area contributed by atoms with Crippen LogP contribution in [-0.4, -0.2) is 32.0 Å². The molecule has 0 fully saturated rings. The second-order valence-corrected chi connectivity index (χ2v) is 12.3. The Morgan fingerprint density at radius 1 is 0.714 bits per heavy atom. The quantitative estimate of drug-likeness (QED) is 0.180. The number of para-hydroxylation sites is 1. The van der Waals surface area contributed by atoms with Crippen molar-refractivity contribution in [3.05, 3.63) is 143 Å². The van der Waals surface area contributed by atoms with Gasteiger partial charge in [-0.2, -0.15) is 0 Å². The summed E-state index contributed by atoms with van der Waals surface area (Å²) < 4.78 is 5.46. The van der Waals surface area contributed by atoms with Crippen LogP contribution in [-0.2, 0) is 0 Å². The molecule has 0 bridgehead atoms. The normalized spacial score (nSPS) is 11.6. The van der Waals surface area contributed by atoms with Gasteiger partial charge in [-0.05, 0) is 69.9 Å². The minimum atomic E-state index is -0.281. The van der Waals surface area contributed by atoms with E-state index in [0.717, 1.165) is 66.6 Å². The van der Waals surface area contributed by atoms with Gasteiger partial charge in [0.15, 0.2) is 5.65 Å². The van der Waals surface area contributed by atoms with Crippen LogP contribution in [0.4, 0.5) is 0 Å². The fourth-order valence-electron chi connectivity index (χ4n) is 6.72. The number of hydrogen-bond donors (Lipinski definition) is 2. The Hall–Kier alpha value is -6.31. The van der Waals surface area contributed by atoms with Gasteiger partial charge in [0.25, 0.3) is 5.56 Å². The van der Waals surface area contributed by atoms with Gasteiger partial charge in [-0.15, -0.1) is 0 Å². The monoisotopic (exact) mass is 655 g/mol. The van der Waals surface area contributed by atoms with Crippen LogP contribution in [0.5, 0.6) is 5.75 Å². The number of aromatic amines is 2. The van der Waals surface area contributed by atoms with E-state index in [2.05, 4.69) is 28.2 Å². The van der Waals surface area contributed by atoms with E-state index >= 15 is 0 Å². The summed E-state index contributed by atoms with van der Waals surface area (Å²) in [5, 5.41) is 4.75. The molecule has 0 saturated heterocycles. The molecule has 49 heavy (non-hydrogen) atoms. The first-order chi connectivity index (χ1) is 24.1. The lowest BCUT2D eigenvalue weighted by Crippen LogP contribution is -2.10. The van der Waals surface area contributed by atoms with Crippen molar-refractivity contribution < 1.29 is 4.74 Å². The molecule has 0 radical (unpaired) electrons. The van der Waals surface area contributed by atoms with Crippen LogP contribution < -0.4 is 10.3 Å². The predicted molar refractivity (Wildman–Crippen MR) is 198 cm³/mol. The van der Waals surface area contributed by atoms with E-state index in [0.29, 0.717) is 32.7 Å². The molecule has 0 aliphatic carbocycles. The van der Waals surface area contributed by atoms with Crippen LogP contribution >= 0.6 is 11.6 Å². The van der Waals surface area contributed by atoms with Gasteiger partial charge in [-0.1, -0.05) is 90.5 Å². The molecule has 9 aromatic rings. The molecule has 8 heteroatoms. The highest BCUT2D eigenvalue weighted by atomic mass is 35.5. The zero-order chi connectivity index (χ0) is 33.1. The highest BCUT2D eigenvalue weighted by molar-refractivity contribution is 6.30. The average molecular weight is 656 g/mol. The van der Waals surface area contributed by atoms with E-state index in [9.17, 15) is 4.79 Å². The molecule has 0 aliphatic heterocycles. The number of pyridine rings is 2. The molecule has 4 heterocycles. The van der Waals surface area contributed by atoms with Gasteiger partial charge in [0, 0.05) is 27.1 Å². The van der Waals surface area contributed by atoms with E-state index < -0.39 is 0 Å². The SMILES string of the molecule is COc1ccc2cc(-c3cc(-c4ccc(Cl)cc4)nc4nc(-c5c(-c6ccccc6)[nH]c6ccccc56)c5c(=O)[nH]cnc5c34)ccc2c1. The third-order valence-corrected chi connectivity index (χ3v) is 9.30. The Morgan fingerprint density at radius 3 is 2.31 bits per heavy atom. The highest BCUT2D eigenvalue weighted by Gasteiger charge is 2.24. The molecule has 0 aliphatic rings. The first-order valence-electron chi connectivity index (χ1n) is 15.8. The number of hydrogen-bond acceptors (Lipinski definition) is 5. The maximum absolute atomic E-state index is 13.9. The summed E-state index contributed by atoms with van der Waals surface area (Å²) in [5.41, 5.74) is 8.20. The van der Waals surface area contributed by atoms with Gasteiger partial charge >= 0.3 is 0 Å². The van der Waals surface area contributed by atoms with Crippen molar-refractivity contribution in [3.8, 4) is 50.6 Å². The van der Waals surface area contributed by atoms with E-state index in [4.69, 9.17) is 31.3 Å². The fourth-order valence-corrected chi connectivity index (χ4v) is 6.85. The Kier molecular flexibility index (Phi) is 6.74. The van der Waals surface area contributed by atoms with Crippen LogP contribution in [0.2, 0.25) is 5.02 Å². The molecule has 7 nitrogen and oxygen atoms in total. The maximum Gasteiger partial charge on any atom is 0.260 e. The van der Waals surface area contributed by atoms with E-state index in [-0.39, 0.29) is 5.56 Å². The van der Waals surface area contributed by atoms with Crippen molar-refractivity contribution in [2.24, 2.45) is 0 Å². The number of nitrogens with zero attached hydrogens (tertiary/aromatic N) is 3. The molecule has 9 rings (SSSR count). The molecular formula is C41H26ClN5O2. The van der Waals surface area contributed by atoms with E-state index in [1.54, 1.807) is 7.11 Å². The molecule has 0 amide bonds. The summed E-state index contributed by atoms with van der Waals surface area (Å²) in [4.78, 5) is 35.6. The number of halogens is 1. The molecule has 0 unspecified atom stereocenters. The topological polar surface area (TPSA) is 96.5 Å². The molecule has 4 aromatic heterocycles. The number of H-pyrrole nitrogens is 2. The molecule has 234 valence electrons. The third kappa shape index (κ3) is 4.82. The van der Waals surface area contributed by atoms with Crippen molar-refractivity contribution in [1.29, 1.82) is 0 Å². The summed E-state index contributed by atoms with van der Waals surface area (Å²) in [7, 11) is 1.66. The van der Waals surface area contributed by atoms with Crippen molar-refractivity contribution in [3.63, 3.8) is 0 Å². The number of nitrogens with one attached hydrogen (secondary N) is 2. The van der Waals surface area contributed by atoms with Crippen LogP contribution in [0.25, 0.3) is 88.5 Å². The minimum absolute atomic E-state index is 0.281. The Balaban J connectivity index is 1.42. The van der Waals surface area contributed by atoms with Crippen molar-refractivity contribution in [2.45, 2.75) is 0 Å². The molecular weight excluding hydrogens is 630 g/mol. The second kappa shape index (κ2) is 11.4. The molecule has 0 saturated carbocycles. The van der Waals surface area contributed by atoms with Gasteiger partial charge in [0.1, 0.15) is 5.75 Å². The number of fused-ring (bicyclic) bond motifs is 5. The van der Waals surface area contributed by atoms with Gasteiger partial charge in [0.2, 0.25) is 0 Å². The number of aromatic nitrogens is 5. The number of ether oxygens (including phenoxy) is 1. The number of methoxy groups -OCH3 is 1. The minimum Gasteiger partial charge on any atom is -0.497 e. The lowest BCUT2D eigenvalue weighted by Gasteiger charge is -2.15. The number of benzene rings is 5. The Bertz CT molecular complexity index is 2790.